The van der Waals surface area contributed by atoms with Crippen LogP contribution < -0.4 is 5.32 Å². The SMILES string of the molecule is CC(c1ccccc1)N1C(=O)/C(=C/c2ccn(C)n2)NC1=S. The quantitative estimate of drug-likeness (QED) is 0.697. The van der Waals surface area contributed by atoms with Gasteiger partial charge in [0.05, 0.1) is 11.7 Å². The Morgan fingerprint density at radius 3 is 2.64 bits per heavy atom. The number of aromatic nitrogens is 2. The van der Waals surface area contributed by atoms with Crippen molar-refractivity contribution < 1.29 is 4.79 Å². The third-order valence-electron chi connectivity index (χ3n) is 3.61. The molecule has 0 saturated carbocycles. The molecule has 0 radical (unpaired) electrons. The zero-order valence-electron chi connectivity index (χ0n) is 12.4. The maximum absolute atomic E-state index is 12.6. The van der Waals surface area contributed by atoms with Crippen molar-refractivity contribution in [2.45, 2.75) is 13.0 Å². The molecule has 1 aromatic carbocycles. The molecule has 1 aromatic heterocycles. The number of aryl methyl sites for hydroxylation is 1. The minimum absolute atomic E-state index is 0.122. The van der Waals surface area contributed by atoms with Crippen LogP contribution in [0.15, 0.2) is 48.3 Å². The van der Waals surface area contributed by atoms with Gasteiger partial charge in [-0.05, 0) is 36.8 Å². The highest BCUT2D eigenvalue weighted by Gasteiger charge is 2.34. The summed E-state index contributed by atoms with van der Waals surface area (Å²) in [6.07, 6.45) is 3.54. The molecule has 3 rings (SSSR count). The van der Waals surface area contributed by atoms with E-state index in [1.54, 1.807) is 15.7 Å². The van der Waals surface area contributed by atoms with Crippen LogP contribution >= 0.6 is 12.2 Å². The molecule has 1 N–H and O–H groups in total. The molecule has 0 aliphatic carbocycles. The number of nitrogens with zero attached hydrogens (tertiary/aromatic N) is 3. The Balaban J connectivity index is 1.87. The van der Waals surface area contributed by atoms with Gasteiger partial charge in [-0.3, -0.25) is 14.4 Å². The molecule has 2 heterocycles. The van der Waals surface area contributed by atoms with Gasteiger partial charge >= 0.3 is 0 Å². The van der Waals surface area contributed by atoms with Crippen molar-refractivity contribution in [3.8, 4) is 0 Å². The largest absolute Gasteiger partial charge is 0.328 e. The van der Waals surface area contributed by atoms with E-state index in [1.807, 2.05) is 56.6 Å². The van der Waals surface area contributed by atoms with E-state index in [4.69, 9.17) is 12.2 Å². The molecule has 1 amide bonds. The molecule has 1 atom stereocenters. The van der Waals surface area contributed by atoms with Crippen molar-refractivity contribution in [1.29, 1.82) is 0 Å². The molecule has 1 aliphatic rings. The Morgan fingerprint density at radius 2 is 2.00 bits per heavy atom. The fraction of sp³-hybridized carbons (Fsp3) is 0.188. The van der Waals surface area contributed by atoms with Crippen LogP contribution in [0.3, 0.4) is 0 Å². The van der Waals surface area contributed by atoms with Crippen molar-refractivity contribution >= 4 is 29.3 Å². The van der Waals surface area contributed by atoms with Crippen LogP contribution in [0, 0.1) is 0 Å². The maximum Gasteiger partial charge on any atom is 0.277 e. The van der Waals surface area contributed by atoms with Gasteiger partial charge in [0.15, 0.2) is 5.11 Å². The van der Waals surface area contributed by atoms with E-state index in [2.05, 4.69) is 10.4 Å². The third-order valence-corrected chi connectivity index (χ3v) is 3.90. The topological polar surface area (TPSA) is 50.2 Å². The van der Waals surface area contributed by atoms with Gasteiger partial charge < -0.3 is 5.32 Å². The summed E-state index contributed by atoms with van der Waals surface area (Å²) < 4.78 is 1.69. The summed E-state index contributed by atoms with van der Waals surface area (Å²) in [5.41, 5.74) is 2.21. The molecular weight excluding hydrogens is 296 g/mol. The predicted molar refractivity (Wildman–Crippen MR) is 88.6 cm³/mol. The number of rotatable bonds is 3. The molecule has 0 spiro atoms. The second kappa shape index (κ2) is 5.73. The van der Waals surface area contributed by atoms with Gasteiger partial charge in [0.2, 0.25) is 0 Å². The number of hydrogen-bond acceptors (Lipinski definition) is 3. The highest BCUT2D eigenvalue weighted by Crippen LogP contribution is 2.25. The van der Waals surface area contributed by atoms with Gasteiger partial charge in [-0.2, -0.15) is 5.10 Å². The Bertz CT molecular complexity index is 751. The van der Waals surface area contributed by atoms with Crippen molar-refractivity contribution in [2.75, 3.05) is 0 Å². The Hall–Kier alpha value is -2.47. The van der Waals surface area contributed by atoms with E-state index in [0.717, 1.165) is 11.3 Å². The molecule has 6 heteroatoms. The van der Waals surface area contributed by atoms with Crippen molar-refractivity contribution in [1.82, 2.24) is 20.0 Å². The molecule has 1 saturated heterocycles. The molecule has 112 valence electrons. The summed E-state index contributed by atoms with van der Waals surface area (Å²) in [5, 5.41) is 7.65. The molecule has 0 bridgehead atoms. The number of carbonyl (C=O) groups excluding carboxylic acids is 1. The van der Waals surface area contributed by atoms with Crippen LogP contribution in [0.25, 0.3) is 6.08 Å². The molecule has 22 heavy (non-hydrogen) atoms. The number of benzene rings is 1. The lowest BCUT2D eigenvalue weighted by Gasteiger charge is -2.23. The van der Waals surface area contributed by atoms with Gasteiger partial charge in [-0.15, -0.1) is 0 Å². The number of thiocarbonyl (C=S) groups is 1. The van der Waals surface area contributed by atoms with E-state index >= 15 is 0 Å². The first kappa shape index (κ1) is 14.5. The van der Waals surface area contributed by atoms with Crippen LogP contribution in [0.1, 0.15) is 24.2 Å². The van der Waals surface area contributed by atoms with Crippen molar-refractivity contribution in [2.24, 2.45) is 7.05 Å². The van der Waals surface area contributed by atoms with Crippen LogP contribution in [0.4, 0.5) is 0 Å². The van der Waals surface area contributed by atoms with Crippen molar-refractivity contribution in [3.63, 3.8) is 0 Å². The van der Waals surface area contributed by atoms with Gasteiger partial charge in [-0.1, -0.05) is 30.3 Å². The Labute approximate surface area is 134 Å². The van der Waals surface area contributed by atoms with E-state index < -0.39 is 0 Å². The minimum atomic E-state index is -0.132. The van der Waals surface area contributed by atoms with E-state index in [0.29, 0.717) is 10.8 Å². The fourth-order valence-electron chi connectivity index (χ4n) is 2.44. The number of hydrogen-bond donors (Lipinski definition) is 1. The zero-order chi connectivity index (χ0) is 15.7. The van der Waals surface area contributed by atoms with Crippen LogP contribution in [0.5, 0.6) is 0 Å². The molecule has 1 fully saturated rings. The number of nitrogens with one attached hydrogen (secondary N) is 1. The Morgan fingerprint density at radius 1 is 1.27 bits per heavy atom. The summed E-state index contributed by atoms with van der Waals surface area (Å²) >= 11 is 5.32. The first-order chi connectivity index (χ1) is 10.6. The molecule has 2 aromatic rings. The summed E-state index contributed by atoms with van der Waals surface area (Å²) in [5.74, 6) is -0.132. The molecule has 1 unspecified atom stereocenters. The average molecular weight is 312 g/mol. The summed E-state index contributed by atoms with van der Waals surface area (Å²) in [6, 6.07) is 11.5. The lowest BCUT2D eigenvalue weighted by molar-refractivity contribution is -0.123. The summed E-state index contributed by atoms with van der Waals surface area (Å²) in [6.45, 7) is 1.96. The molecule has 1 aliphatic heterocycles. The van der Waals surface area contributed by atoms with Gasteiger partial charge in [-0.25, -0.2) is 0 Å². The fourth-order valence-corrected chi connectivity index (χ4v) is 2.79. The maximum atomic E-state index is 12.6. The van der Waals surface area contributed by atoms with Gasteiger partial charge in [0, 0.05) is 13.2 Å². The highest BCUT2D eigenvalue weighted by atomic mass is 32.1. The number of carbonyl (C=O) groups is 1. The van der Waals surface area contributed by atoms with Gasteiger partial charge in [0.1, 0.15) is 5.70 Å². The van der Waals surface area contributed by atoms with Crippen LogP contribution in [-0.4, -0.2) is 25.7 Å². The van der Waals surface area contributed by atoms with Crippen LogP contribution in [0.2, 0.25) is 0 Å². The van der Waals surface area contributed by atoms with Crippen LogP contribution in [-0.2, 0) is 11.8 Å². The second-order valence-electron chi connectivity index (χ2n) is 5.16. The first-order valence-electron chi connectivity index (χ1n) is 6.97. The van der Waals surface area contributed by atoms with E-state index in [-0.39, 0.29) is 11.9 Å². The smallest absolute Gasteiger partial charge is 0.277 e. The third kappa shape index (κ3) is 2.65. The lowest BCUT2D eigenvalue weighted by atomic mass is 10.1. The number of amides is 1. The molecular formula is C16H16N4OS. The van der Waals surface area contributed by atoms with Crippen molar-refractivity contribution in [3.05, 3.63) is 59.5 Å². The average Bonchev–Trinajstić information content (AvgIpc) is 3.03. The second-order valence-corrected chi connectivity index (χ2v) is 5.55. The predicted octanol–water partition coefficient (Wildman–Crippen LogP) is 2.24. The van der Waals surface area contributed by atoms with E-state index in [1.165, 1.54) is 0 Å². The van der Waals surface area contributed by atoms with Gasteiger partial charge in [0.25, 0.3) is 5.91 Å². The Kier molecular flexibility index (Phi) is 3.77. The first-order valence-corrected chi connectivity index (χ1v) is 7.38. The minimum Gasteiger partial charge on any atom is -0.328 e. The summed E-state index contributed by atoms with van der Waals surface area (Å²) in [7, 11) is 1.83. The monoisotopic (exact) mass is 312 g/mol. The van der Waals surface area contributed by atoms with E-state index in [9.17, 15) is 4.79 Å². The highest BCUT2D eigenvalue weighted by molar-refractivity contribution is 7.80. The summed E-state index contributed by atoms with van der Waals surface area (Å²) in [4.78, 5) is 14.2. The zero-order valence-corrected chi connectivity index (χ0v) is 13.2. The lowest BCUT2D eigenvalue weighted by Crippen LogP contribution is -2.33. The molecule has 5 nitrogen and oxygen atoms in total. The standard InChI is InChI=1S/C16H16N4OS/c1-11(12-6-4-3-5-7-12)20-15(21)14(17-16(20)22)10-13-8-9-19(2)18-13/h3-11H,1-2H3,(H,17,22)/b14-10-. The normalized spacial score (nSPS) is 17.9.